The van der Waals surface area contributed by atoms with Crippen molar-refractivity contribution in [3.05, 3.63) is 70.6 Å². The van der Waals surface area contributed by atoms with Crippen LogP contribution in [-0.4, -0.2) is 39.2 Å². The zero-order valence-corrected chi connectivity index (χ0v) is 16.8. The Bertz CT molecular complexity index is 1110. The molecule has 1 aliphatic heterocycles. The fourth-order valence-electron chi connectivity index (χ4n) is 3.56. The smallest absolute Gasteiger partial charge is 0.254 e. The monoisotopic (exact) mass is 408 g/mol. The number of fused-ring (bicyclic) bond motifs is 1. The summed E-state index contributed by atoms with van der Waals surface area (Å²) in [6, 6.07) is 11.0. The number of hydrogen-bond donors (Lipinski definition) is 1. The molecule has 1 saturated heterocycles. The fraction of sp³-hybridized carbons (Fsp3) is 0.227. The lowest BCUT2D eigenvalue weighted by molar-refractivity contribution is -0.111. The van der Waals surface area contributed by atoms with Crippen LogP contribution in [0.25, 0.3) is 11.7 Å². The lowest BCUT2D eigenvalue weighted by atomic mass is 10.1. The lowest BCUT2D eigenvalue weighted by Gasteiger charge is -2.18. The zero-order valence-electron chi connectivity index (χ0n) is 16.1. The normalized spacial score (nSPS) is 14.1. The van der Waals surface area contributed by atoms with Gasteiger partial charge < -0.3 is 10.2 Å². The van der Waals surface area contributed by atoms with Crippen molar-refractivity contribution in [3.63, 3.8) is 0 Å². The van der Waals surface area contributed by atoms with Crippen molar-refractivity contribution in [2.45, 2.75) is 19.8 Å². The van der Waals surface area contributed by atoms with Crippen molar-refractivity contribution in [1.82, 2.24) is 14.3 Å². The van der Waals surface area contributed by atoms with Gasteiger partial charge in [0.05, 0.1) is 5.69 Å². The number of nitrogens with one attached hydrogen (secondary N) is 1. The Balaban J connectivity index is 1.52. The van der Waals surface area contributed by atoms with E-state index in [1.165, 1.54) is 6.08 Å². The molecule has 0 aliphatic carbocycles. The van der Waals surface area contributed by atoms with Crippen LogP contribution in [0.2, 0.25) is 5.15 Å². The third-order valence-electron chi connectivity index (χ3n) is 5.13. The van der Waals surface area contributed by atoms with Crippen molar-refractivity contribution < 1.29 is 9.59 Å². The number of benzene rings is 1. The summed E-state index contributed by atoms with van der Waals surface area (Å²) in [4.78, 5) is 31.3. The number of rotatable bonds is 4. The molecule has 0 bridgehead atoms. The van der Waals surface area contributed by atoms with E-state index >= 15 is 0 Å². The third kappa shape index (κ3) is 3.89. The molecule has 0 saturated carbocycles. The molecule has 4 rings (SSSR count). The average molecular weight is 409 g/mol. The topological polar surface area (TPSA) is 66.7 Å². The maximum atomic E-state index is 12.7. The van der Waals surface area contributed by atoms with E-state index in [0.29, 0.717) is 27.7 Å². The van der Waals surface area contributed by atoms with Crippen molar-refractivity contribution >= 4 is 40.8 Å². The van der Waals surface area contributed by atoms with E-state index in [-0.39, 0.29) is 11.8 Å². The minimum atomic E-state index is -0.305. The second kappa shape index (κ2) is 8.09. The number of imidazole rings is 1. The van der Waals surface area contributed by atoms with Gasteiger partial charge in [0.15, 0.2) is 5.15 Å². The van der Waals surface area contributed by atoms with Crippen LogP contribution in [0.1, 0.15) is 34.5 Å². The molecule has 7 heteroatoms. The predicted molar refractivity (Wildman–Crippen MR) is 114 cm³/mol. The summed E-state index contributed by atoms with van der Waals surface area (Å²) in [5.74, 6) is -0.287. The van der Waals surface area contributed by atoms with Gasteiger partial charge in [0.1, 0.15) is 5.65 Å². The molecule has 0 radical (unpaired) electrons. The molecule has 1 aliphatic rings. The van der Waals surface area contributed by atoms with Gasteiger partial charge in [-0.15, -0.1) is 0 Å². The highest BCUT2D eigenvalue weighted by Crippen LogP contribution is 2.23. The van der Waals surface area contributed by atoms with Gasteiger partial charge in [0.25, 0.3) is 5.91 Å². The quantitative estimate of drug-likeness (QED) is 0.658. The molecule has 2 amide bonds. The molecule has 1 N–H and O–H groups in total. The number of nitrogens with zero attached hydrogens (tertiary/aromatic N) is 3. The second-order valence-corrected chi connectivity index (χ2v) is 7.37. The summed E-state index contributed by atoms with van der Waals surface area (Å²) >= 11 is 6.20. The highest BCUT2D eigenvalue weighted by Gasteiger charge is 2.21. The van der Waals surface area contributed by atoms with Crippen molar-refractivity contribution in [1.29, 1.82) is 0 Å². The van der Waals surface area contributed by atoms with E-state index in [1.54, 1.807) is 24.3 Å². The number of halogens is 1. The largest absolute Gasteiger partial charge is 0.339 e. The maximum Gasteiger partial charge on any atom is 0.254 e. The van der Waals surface area contributed by atoms with Crippen LogP contribution >= 0.6 is 11.6 Å². The Kier molecular flexibility index (Phi) is 5.36. The number of anilines is 1. The molecular formula is C22H21ClN4O2. The minimum Gasteiger partial charge on any atom is -0.339 e. The Morgan fingerprint density at radius 2 is 1.93 bits per heavy atom. The fourth-order valence-corrected chi connectivity index (χ4v) is 3.80. The third-order valence-corrected chi connectivity index (χ3v) is 5.41. The summed E-state index contributed by atoms with van der Waals surface area (Å²) in [5.41, 5.74) is 3.35. The highest BCUT2D eigenvalue weighted by atomic mass is 35.5. The average Bonchev–Trinajstić information content (AvgIpc) is 3.35. The molecule has 0 atom stereocenters. The summed E-state index contributed by atoms with van der Waals surface area (Å²) < 4.78 is 1.81. The number of amides is 2. The van der Waals surface area contributed by atoms with E-state index in [0.717, 1.165) is 31.5 Å². The van der Waals surface area contributed by atoms with Gasteiger partial charge in [-0.05, 0) is 55.7 Å². The summed E-state index contributed by atoms with van der Waals surface area (Å²) in [7, 11) is 0. The number of pyridine rings is 1. The molecule has 3 aromatic rings. The van der Waals surface area contributed by atoms with Crippen LogP contribution in [0.3, 0.4) is 0 Å². The number of likely N-dealkylation sites (tertiary alicyclic amines) is 1. The molecule has 2 aromatic heterocycles. The van der Waals surface area contributed by atoms with E-state index in [1.807, 2.05) is 40.6 Å². The van der Waals surface area contributed by atoms with E-state index in [2.05, 4.69) is 10.3 Å². The van der Waals surface area contributed by atoms with Crippen molar-refractivity contribution in [3.8, 4) is 0 Å². The summed E-state index contributed by atoms with van der Waals surface area (Å²) in [5, 5.41) is 3.19. The Morgan fingerprint density at radius 1 is 1.14 bits per heavy atom. The molecule has 3 heterocycles. The molecule has 1 fully saturated rings. The van der Waals surface area contributed by atoms with Gasteiger partial charge in [-0.25, -0.2) is 4.98 Å². The number of hydrogen-bond acceptors (Lipinski definition) is 3. The lowest BCUT2D eigenvalue weighted by Crippen LogP contribution is -2.28. The Morgan fingerprint density at radius 3 is 2.72 bits per heavy atom. The van der Waals surface area contributed by atoms with Gasteiger partial charge in [0.2, 0.25) is 5.91 Å². The molecule has 6 nitrogen and oxygen atoms in total. The zero-order chi connectivity index (χ0) is 20.4. The van der Waals surface area contributed by atoms with Crippen LogP contribution in [0.5, 0.6) is 0 Å². The Hall–Kier alpha value is -3.12. The van der Waals surface area contributed by atoms with Gasteiger partial charge in [-0.1, -0.05) is 23.7 Å². The SMILES string of the molecule is Cc1c(NC(=O)/C=C/c2c(Cl)nc3ccccn23)cccc1C(=O)N1CCCC1. The van der Waals surface area contributed by atoms with Crippen LogP contribution in [0.4, 0.5) is 5.69 Å². The summed E-state index contributed by atoms with van der Waals surface area (Å²) in [6.45, 7) is 3.43. The van der Waals surface area contributed by atoms with Gasteiger partial charge in [-0.2, -0.15) is 0 Å². The van der Waals surface area contributed by atoms with E-state index in [9.17, 15) is 9.59 Å². The number of carbonyl (C=O) groups excluding carboxylic acids is 2. The first-order valence-electron chi connectivity index (χ1n) is 9.55. The van der Waals surface area contributed by atoms with Gasteiger partial charge in [0, 0.05) is 36.6 Å². The maximum absolute atomic E-state index is 12.7. The highest BCUT2D eigenvalue weighted by molar-refractivity contribution is 6.31. The Labute approximate surface area is 173 Å². The van der Waals surface area contributed by atoms with E-state index in [4.69, 9.17) is 11.6 Å². The molecule has 1 aromatic carbocycles. The molecule has 0 unspecified atom stereocenters. The second-order valence-electron chi connectivity index (χ2n) is 7.02. The first kappa shape index (κ1) is 19.2. The standard InChI is InChI=1S/C22H21ClN4O2/c1-15-16(22(29)26-12-4-5-13-26)7-6-8-17(15)24-20(28)11-10-18-21(23)25-19-9-2-3-14-27(18)19/h2-3,6-11,14H,4-5,12-13H2,1H3,(H,24,28)/b11-10+. The van der Waals surface area contributed by atoms with Crippen LogP contribution in [0, 0.1) is 6.92 Å². The summed E-state index contributed by atoms with van der Waals surface area (Å²) in [6.07, 6.45) is 6.96. The first-order valence-corrected chi connectivity index (χ1v) is 9.93. The van der Waals surface area contributed by atoms with E-state index < -0.39 is 0 Å². The molecule has 0 spiro atoms. The van der Waals surface area contributed by atoms with Gasteiger partial charge >= 0.3 is 0 Å². The van der Waals surface area contributed by atoms with Crippen molar-refractivity contribution in [2.75, 3.05) is 18.4 Å². The number of carbonyl (C=O) groups is 2. The molecular weight excluding hydrogens is 388 g/mol. The number of aromatic nitrogens is 2. The minimum absolute atomic E-state index is 0.0177. The molecule has 29 heavy (non-hydrogen) atoms. The molecule has 148 valence electrons. The van der Waals surface area contributed by atoms with Crippen molar-refractivity contribution in [2.24, 2.45) is 0 Å². The first-order chi connectivity index (χ1) is 14.0. The van der Waals surface area contributed by atoms with Crippen LogP contribution < -0.4 is 5.32 Å². The van der Waals surface area contributed by atoms with Crippen LogP contribution in [0.15, 0.2) is 48.7 Å². The van der Waals surface area contributed by atoms with Gasteiger partial charge in [-0.3, -0.25) is 14.0 Å². The van der Waals surface area contributed by atoms with Crippen LogP contribution in [-0.2, 0) is 4.79 Å². The predicted octanol–water partition coefficient (Wildman–Crippen LogP) is 4.18.